The molecule has 1 unspecified atom stereocenters. The molecule has 2 aromatic carbocycles. The van der Waals surface area contributed by atoms with Crippen molar-refractivity contribution in [3.63, 3.8) is 0 Å². The molecule has 0 saturated heterocycles. The van der Waals surface area contributed by atoms with Gasteiger partial charge in [-0.3, -0.25) is 4.79 Å². The number of rotatable bonds is 2. The number of amides is 1. The van der Waals surface area contributed by atoms with Crippen LogP contribution in [0, 0.1) is 11.6 Å². The average molecular weight is 291 g/mol. The van der Waals surface area contributed by atoms with Crippen molar-refractivity contribution >= 4 is 11.6 Å². The summed E-state index contributed by atoms with van der Waals surface area (Å²) in [5.74, 6) is -0.990. The molecule has 6 heteroatoms. The normalized spacial score (nSPS) is 16.4. The van der Waals surface area contributed by atoms with E-state index in [0.717, 1.165) is 18.2 Å². The Morgan fingerprint density at radius 1 is 1.14 bits per heavy atom. The molecule has 1 aliphatic heterocycles. The number of ether oxygens (including phenoxy) is 2. The Morgan fingerprint density at radius 3 is 2.71 bits per heavy atom. The van der Waals surface area contributed by atoms with Crippen molar-refractivity contribution < 1.29 is 23.0 Å². The molecule has 1 N–H and O–H groups in total. The largest absolute Gasteiger partial charge is 0.485 e. The van der Waals surface area contributed by atoms with Crippen LogP contribution in [0.25, 0.3) is 0 Å². The predicted molar refractivity (Wildman–Crippen MR) is 71.3 cm³/mol. The van der Waals surface area contributed by atoms with E-state index < -0.39 is 23.6 Å². The van der Waals surface area contributed by atoms with Crippen molar-refractivity contribution in [3.05, 3.63) is 54.1 Å². The number of carbonyl (C=O) groups is 1. The molecule has 0 saturated carbocycles. The van der Waals surface area contributed by atoms with Crippen molar-refractivity contribution in [1.82, 2.24) is 0 Å². The standard InChI is InChI=1S/C15H11F2NO3/c16-9-5-6-10(17)11(7-9)18-15(19)14-8-20-12-3-1-2-4-13(12)21-14/h1-7,14H,8H2,(H,18,19). The second-order valence-electron chi connectivity index (χ2n) is 4.48. The van der Waals surface area contributed by atoms with Crippen LogP contribution in [0.1, 0.15) is 0 Å². The van der Waals surface area contributed by atoms with E-state index in [1.165, 1.54) is 0 Å². The van der Waals surface area contributed by atoms with Crippen LogP contribution in [-0.4, -0.2) is 18.6 Å². The minimum atomic E-state index is -0.928. The van der Waals surface area contributed by atoms with Gasteiger partial charge in [0.05, 0.1) is 5.69 Å². The number of hydrogen-bond donors (Lipinski definition) is 1. The highest BCUT2D eigenvalue weighted by Crippen LogP contribution is 2.31. The summed E-state index contributed by atoms with van der Waals surface area (Å²) in [4.78, 5) is 12.0. The average Bonchev–Trinajstić information content (AvgIpc) is 2.50. The van der Waals surface area contributed by atoms with Gasteiger partial charge in [0.25, 0.3) is 5.91 Å². The van der Waals surface area contributed by atoms with Crippen LogP contribution in [0.5, 0.6) is 11.5 Å². The second-order valence-corrected chi connectivity index (χ2v) is 4.48. The molecule has 2 aromatic rings. The number of para-hydroxylation sites is 2. The number of benzene rings is 2. The molecular formula is C15H11F2NO3. The van der Waals surface area contributed by atoms with Gasteiger partial charge in [0.15, 0.2) is 11.5 Å². The van der Waals surface area contributed by atoms with Gasteiger partial charge in [0, 0.05) is 6.07 Å². The van der Waals surface area contributed by atoms with E-state index in [0.29, 0.717) is 11.5 Å². The smallest absolute Gasteiger partial charge is 0.269 e. The summed E-state index contributed by atoms with van der Waals surface area (Å²) in [5, 5.41) is 2.29. The Labute approximate surface area is 119 Å². The first kappa shape index (κ1) is 13.4. The number of fused-ring (bicyclic) bond motifs is 1. The van der Waals surface area contributed by atoms with Crippen LogP contribution in [0.15, 0.2) is 42.5 Å². The predicted octanol–water partition coefficient (Wildman–Crippen LogP) is 2.74. The summed E-state index contributed by atoms with van der Waals surface area (Å²) >= 11 is 0. The molecule has 108 valence electrons. The van der Waals surface area contributed by atoms with Crippen molar-refractivity contribution in [2.24, 2.45) is 0 Å². The molecule has 0 fully saturated rings. The van der Waals surface area contributed by atoms with Gasteiger partial charge in [0.2, 0.25) is 6.10 Å². The fourth-order valence-corrected chi connectivity index (χ4v) is 1.96. The van der Waals surface area contributed by atoms with E-state index in [2.05, 4.69) is 5.32 Å². The van der Waals surface area contributed by atoms with Gasteiger partial charge < -0.3 is 14.8 Å². The minimum Gasteiger partial charge on any atom is -0.485 e. The van der Waals surface area contributed by atoms with E-state index in [9.17, 15) is 13.6 Å². The number of anilines is 1. The molecule has 0 aliphatic carbocycles. The zero-order valence-corrected chi connectivity index (χ0v) is 10.8. The lowest BCUT2D eigenvalue weighted by molar-refractivity contribution is -0.125. The fourth-order valence-electron chi connectivity index (χ4n) is 1.96. The summed E-state index contributed by atoms with van der Waals surface area (Å²) in [6, 6.07) is 9.73. The summed E-state index contributed by atoms with van der Waals surface area (Å²) in [6.07, 6.45) is -0.928. The molecular weight excluding hydrogens is 280 g/mol. The van der Waals surface area contributed by atoms with Crippen molar-refractivity contribution in [1.29, 1.82) is 0 Å². The third-order valence-electron chi connectivity index (χ3n) is 2.99. The molecule has 1 atom stereocenters. The Balaban J connectivity index is 1.74. The van der Waals surface area contributed by atoms with Crippen LogP contribution < -0.4 is 14.8 Å². The van der Waals surface area contributed by atoms with Gasteiger partial charge in [0.1, 0.15) is 18.2 Å². The fraction of sp³-hybridized carbons (Fsp3) is 0.133. The minimum absolute atomic E-state index is 0.000217. The van der Waals surface area contributed by atoms with E-state index in [4.69, 9.17) is 9.47 Å². The number of carbonyl (C=O) groups excluding carboxylic acids is 1. The monoisotopic (exact) mass is 291 g/mol. The molecule has 4 nitrogen and oxygen atoms in total. The van der Waals surface area contributed by atoms with Crippen molar-refractivity contribution in [2.75, 3.05) is 11.9 Å². The van der Waals surface area contributed by atoms with Crippen LogP contribution in [0.4, 0.5) is 14.5 Å². The molecule has 21 heavy (non-hydrogen) atoms. The zero-order chi connectivity index (χ0) is 14.8. The van der Waals surface area contributed by atoms with Crippen LogP contribution in [-0.2, 0) is 4.79 Å². The van der Waals surface area contributed by atoms with Crippen LogP contribution in [0.2, 0.25) is 0 Å². The number of halogens is 2. The molecule has 0 aromatic heterocycles. The third kappa shape index (κ3) is 2.79. The van der Waals surface area contributed by atoms with E-state index in [1.807, 2.05) is 0 Å². The highest BCUT2D eigenvalue weighted by molar-refractivity contribution is 5.94. The second kappa shape index (κ2) is 5.40. The Hall–Kier alpha value is -2.63. The number of nitrogens with one attached hydrogen (secondary N) is 1. The highest BCUT2D eigenvalue weighted by atomic mass is 19.1. The van der Waals surface area contributed by atoms with Gasteiger partial charge in [-0.25, -0.2) is 8.78 Å². The van der Waals surface area contributed by atoms with Gasteiger partial charge >= 0.3 is 0 Å². The van der Waals surface area contributed by atoms with Crippen molar-refractivity contribution in [2.45, 2.75) is 6.10 Å². The molecule has 1 amide bonds. The SMILES string of the molecule is O=C(Nc1cc(F)ccc1F)C1COc2ccccc2O1. The first-order valence-electron chi connectivity index (χ1n) is 6.28. The first-order valence-corrected chi connectivity index (χ1v) is 6.28. The topological polar surface area (TPSA) is 47.6 Å². The Bertz CT molecular complexity index is 690. The van der Waals surface area contributed by atoms with Gasteiger partial charge in [-0.15, -0.1) is 0 Å². The van der Waals surface area contributed by atoms with Crippen LogP contribution in [0.3, 0.4) is 0 Å². The summed E-state index contributed by atoms with van der Waals surface area (Å²) in [5.41, 5.74) is -0.234. The molecule has 3 rings (SSSR count). The molecule has 0 spiro atoms. The first-order chi connectivity index (χ1) is 10.1. The maximum absolute atomic E-state index is 13.5. The van der Waals surface area contributed by atoms with Crippen LogP contribution >= 0.6 is 0 Å². The quantitative estimate of drug-likeness (QED) is 0.925. The molecule has 1 aliphatic rings. The number of hydrogen-bond acceptors (Lipinski definition) is 3. The van der Waals surface area contributed by atoms with Crippen molar-refractivity contribution in [3.8, 4) is 11.5 Å². The summed E-state index contributed by atoms with van der Waals surface area (Å²) in [7, 11) is 0. The zero-order valence-electron chi connectivity index (χ0n) is 10.8. The van der Waals surface area contributed by atoms with Gasteiger partial charge in [-0.1, -0.05) is 12.1 Å². The van der Waals surface area contributed by atoms with E-state index in [-0.39, 0.29) is 12.3 Å². The summed E-state index contributed by atoms with van der Waals surface area (Å²) < 4.78 is 37.4. The lowest BCUT2D eigenvalue weighted by Crippen LogP contribution is -2.40. The molecule has 0 bridgehead atoms. The lowest BCUT2D eigenvalue weighted by atomic mass is 10.2. The van der Waals surface area contributed by atoms with Gasteiger partial charge in [-0.2, -0.15) is 0 Å². The maximum Gasteiger partial charge on any atom is 0.269 e. The third-order valence-corrected chi connectivity index (χ3v) is 2.99. The summed E-state index contributed by atoms with van der Waals surface area (Å²) in [6.45, 7) is -0.000217. The lowest BCUT2D eigenvalue weighted by Gasteiger charge is -2.25. The Kier molecular flexibility index (Phi) is 3.43. The Morgan fingerprint density at radius 2 is 1.90 bits per heavy atom. The van der Waals surface area contributed by atoms with E-state index in [1.54, 1.807) is 24.3 Å². The van der Waals surface area contributed by atoms with E-state index >= 15 is 0 Å². The van der Waals surface area contributed by atoms with Gasteiger partial charge in [-0.05, 0) is 24.3 Å². The molecule has 0 radical (unpaired) electrons. The molecule has 1 heterocycles. The highest BCUT2D eigenvalue weighted by Gasteiger charge is 2.27. The maximum atomic E-state index is 13.5.